The fourth-order valence-electron chi connectivity index (χ4n) is 2.59. The molecule has 1 N–H and O–H groups in total. The fourth-order valence-corrected chi connectivity index (χ4v) is 3.39. The average Bonchev–Trinajstić information content (AvgIpc) is 2.56. The average molecular weight is 400 g/mol. The molecular formula is C18H14BrN3OS. The molecule has 0 fully saturated rings. The molecule has 0 saturated carbocycles. The highest BCUT2D eigenvalue weighted by molar-refractivity contribution is 9.10. The number of carbonyl (C=O) groups is 1. The molecule has 4 nitrogen and oxygen atoms in total. The number of nitrogens with zero attached hydrogens (tertiary/aromatic N) is 2. The Morgan fingerprint density at radius 2 is 1.96 bits per heavy atom. The van der Waals surface area contributed by atoms with E-state index in [-0.39, 0.29) is 5.57 Å². The number of rotatable bonds is 2. The highest BCUT2D eigenvalue weighted by Crippen LogP contribution is 2.36. The highest BCUT2D eigenvalue weighted by atomic mass is 79.9. The molecule has 0 spiro atoms. The van der Waals surface area contributed by atoms with Gasteiger partial charge in [-0.05, 0) is 36.8 Å². The van der Waals surface area contributed by atoms with Crippen LogP contribution in [0.5, 0.6) is 0 Å². The van der Waals surface area contributed by atoms with Gasteiger partial charge in [0.05, 0.1) is 5.03 Å². The van der Waals surface area contributed by atoms with Gasteiger partial charge in [0.25, 0.3) is 5.91 Å². The van der Waals surface area contributed by atoms with Gasteiger partial charge in [-0.2, -0.15) is 5.26 Å². The Labute approximate surface area is 154 Å². The van der Waals surface area contributed by atoms with E-state index in [1.807, 2.05) is 66.4 Å². The van der Waals surface area contributed by atoms with E-state index in [9.17, 15) is 10.1 Å². The molecule has 3 rings (SSSR count). The van der Waals surface area contributed by atoms with E-state index in [1.54, 1.807) is 0 Å². The molecule has 0 aromatic heterocycles. The monoisotopic (exact) mass is 399 g/mol. The first kappa shape index (κ1) is 16.6. The molecule has 24 heavy (non-hydrogen) atoms. The smallest absolute Gasteiger partial charge is 0.266 e. The van der Waals surface area contributed by atoms with Gasteiger partial charge in [-0.15, -0.1) is 12.6 Å². The van der Waals surface area contributed by atoms with Crippen LogP contribution >= 0.6 is 28.6 Å². The summed E-state index contributed by atoms with van der Waals surface area (Å²) in [4.78, 5) is 14.1. The van der Waals surface area contributed by atoms with Crippen LogP contribution in [0.4, 0.5) is 5.69 Å². The third-order valence-corrected chi connectivity index (χ3v) is 4.73. The molecule has 0 saturated heterocycles. The van der Waals surface area contributed by atoms with Crippen LogP contribution in [0.25, 0.3) is 0 Å². The lowest BCUT2D eigenvalue weighted by Gasteiger charge is -2.38. The Bertz CT molecular complexity index is 871. The zero-order valence-corrected chi connectivity index (χ0v) is 15.3. The first-order chi connectivity index (χ1) is 11.5. The standard InChI is InChI=1S/C18H14BrN3OS/c1-11-5-7-14(8-6-11)22-16(12-3-2-4-13(19)9-12)21-17(23)15(10-20)18(22)24/h2-9,16,24H,1H3,(H,21,23). The van der Waals surface area contributed by atoms with Crippen molar-refractivity contribution in [3.8, 4) is 6.07 Å². The van der Waals surface area contributed by atoms with Gasteiger partial charge in [0.15, 0.2) is 0 Å². The number of amides is 1. The van der Waals surface area contributed by atoms with Crippen molar-refractivity contribution >= 4 is 40.2 Å². The van der Waals surface area contributed by atoms with Gasteiger partial charge in [0, 0.05) is 10.2 Å². The maximum atomic E-state index is 12.3. The number of anilines is 1. The molecule has 1 heterocycles. The molecule has 1 aliphatic rings. The summed E-state index contributed by atoms with van der Waals surface area (Å²) >= 11 is 7.93. The van der Waals surface area contributed by atoms with Gasteiger partial charge in [-0.1, -0.05) is 45.8 Å². The Balaban J connectivity index is 2.16. The number of aryl methyl sites for hydroxylation is 1. The summed E-state index contributed by atoms with van der Waals surface area (Å²) < 4.78 is 0.911. The summed E-state index contributed by atoms with van der Waals surface area (Å²) in [5.41, 5.74) is 2.87. The number of halogens is 1. The number of hydrogen-bond acceptors (Lipinski definition) is 4. The van der Waals surface area contributed by atoms with Crippen LogP contribution in [0.1, 0.15) is 17.3 Å². The Kier molecular flexibility index (Phi) is 4.65. The molecular weight excluding hydrogens is 386 g/mol. The minimum absolute atomic E-state index is 0.00477. The van der Waals surface area contributed by atoms with E-state index in [4.69, 9.17) is 0 Å². The van der Waals surface area contributed by atoms with Crippen molar-refractivity contribution < 1.29 is 4.79 Å². The molecule has 1 amide bonds. The zero-order valence-electron chi connectivity index (χ0n) is 12.8. The third-order valence-electron chi connectivity index (χ3n) is 3.79. The molecule has 0 radical (unpaired) electrons. The molecule has 0 aliphatic carbocycles. The predicted octanol–water partition coefficient (Wildman–Crippen LogP) is 4.06. The van der Waals surface area contributed by atoms with Crippen molar-refractivity contribution in [3.05, 3.63) is 74.7 Å². The van der Waals surface area contributed by atoms with E-state index in [0.717, 1.165) is 21.3 Å². The van der Waals surface area contributed by atoms with E-state index in [2.05, 4.69) is 33.9 Å². The summed E-state index contributed by atoms with van der Waals surface area (Å²) in [6, 6.07) is 17.5. The van der Waals surface area contributed by atoms with Gasteiger partial charge in [-0.3, -0.25) is 4.79 Å². The predicted molar refractivity (Wildman–Crippen MR) is 100 cm³/mol. The van der Waals surface area contributed by atoms with Crippen LogP contribution in [0, 0.1) is 18.3 Å². The van der Waals surface area contributed by atoms with Crippen molar-refractivity contribution in [3.63, 3.8) is 0 Å². The van der Waals surface area contributed by atoms with E-state index in [1.165, 1.54) is 0 Å². The largest absolute Gasteiger partial charge is 0.327 e. The first-order valence-electron chi connectivity index (χ1n) is 7.27. The lowest BCUT2D eigenvalue weighted by atomic mass is 10.1. The number of carbonyl (C=O) groups excluding carboxylic acids is 1. The van der Waals surface area contributed by atoms with Crippen LogP contribution in [0.15, 0.2) is 63.6 Å². The van der Waals surface area contributed by atoms with Crippen molar-refractivity contribution in [2.75, 3.05) is 4.90 Å². The number of benzene rings is 2. The normalized spacial score (nSPS) is 17.5. The fraction of sp³-hybridized carbons (Fsp3) is 0.111. The van der Waals surface area contributed by atoms with Crippen LogP contribution in [-0.4, -0.2) is 5.91 Å². The molecule has 0 bridgehead atoms. The molecule has 120 valence electrons. The topological polar surface area (TPSA) is 56.1 Å². The van der Waals surface area contributed by atoms with E-state index in [0.29, 0.717) is 5.03 Å². The molecule has 1 unspecified atom stereocenters. The second-order valence-corrected chi connectivity index (χ2v) is 6.79. The third kappa shape index (κ3) is 3.05. The number of nitrogens with one attached hydrogen (secondary N) is 1. The quantitative estimate of drug-likeness (QED) is 0.748. The van der Waals surface area contributed by atoms with Crippen LogP contribution in [-0.2, 0) is 4.79 Å². The van der Waals surface area contributed by atoms with Gasteiger partial charge in [-0.25, -0.2) is 0 Å². The van der Waals surface area contributed by atoms with Gasteiger partial charge in [0.1, 0.15) is 17.8 Å². The Morgan fingerprint density at radius 3 is 2.58 bits per heavy atom. The summed E-state index contributed by atoms with van der Waals surface area (Å²) in [6.07, 6.45) is -0.442. The zero-order chi connectivity index (χ0) is 17.3. The Morgan fingerprint density at radius 1 is 1.25 bits per heavy atom. The van der Waals surface area contributed by atoms with Crippen LogP contribution in [0.2, 0.25) is 0 Å². The lowest BCUT2D eigenvalue weighted by molar-refractivity contribution is -0.118. The highest BCUT2D eigenvalue weighted by Gasteiger charge is 2.33. The second-order valence-electron chi connectivity index (χ2n) is 5.45. The van der Waals surface area contributed by atoms with Gasteiger partial charge < -0.3 is 10.2 Å². The van der Waals surface area contributed by atoms with Crippen molar-refractivity contribution in [2.45, 2.75) is 13.1 Å². The first-order valence-corrected chi connectivity index (χ1v) is 8.51. The summed E-state index contributed by atoms with van der Waals surface area (Å²) in [5, 5.41) is 12.5. The van der Waals surface area contributed by atoms with E-state index >= 15 is 0 Å². The summed E-state index contributed by atoms with van der Waals surface area (Å²) in [7, 11) is 0. The van der Waals surface area contributed by atoms with Crippen molar-refractivity contribution in [1.82, 2.24) is 5.32 Å². The Hall–Kier alpha value is -2.23. The summed E-state index contributed by atoms with van der Waals surface area (Å²) in [5.74, 6) is -0.421. The minimum Gasteiger partial charge on any atom is -0.327 e. The second kappa shape index (κ2) is 6.71. The molecule has 2 aromatic carbocycles. The minimum atomic E-state index is -0.442. The van der Waals surface area contributed by atoms with Crippen molar-refractivity contribution in [2.24, 2.45) is 0 Å². The lowest BCUT2D eigenvalue weighted by Crippen LogP contribution is -2.46. The summed E-state index contributed by atoms with van der Waals surface area (Å²) in [6.45, 7) is 2.01. The van der Waals surface area contributed by atoms with E-state index < -0.39 is 12.1 Å². The molecule has 2 aromatic rings. The van der Waals surface area contributed by atoms with Crippen LogP contribution in [0.3, 0.4) is 0 Å². The van der Waals surface area contributed by atoms with Crippen LogP contribution < -0.4 is 10.2 Å². The molecule has 1 aliphatic heterocycles. The number of hydrogen-bond donors (Lipinski definition) is 2. The molecule has 1 atom stereocenters. The maximum Gasteiger partial charge on any atom is 0.266 e. The maximum absolute atomic E-state index is 12.3. The molecule has 6 heteroatoms. The van der Waals surface area contributed by atoms with Gasteiger partial charge in [0.2, 0.25) is 0 Å². The van der Waals surface area contributed by atoms with Gasteiger partial charge >= 0.3 is 0 Å². The SMILES string of the molecule is Cc1ccc(N2C(S)=C(C#N)C(=O)NC2c2cccc(Br)c2)cc1. The number of nitriles is 1. The van der Waals surface area contributed by atoms with Crippen molar-refractivity contribution in [1.29, 1.82) is 5.26 Å². The number of thiol groups is 1.